The quantitative estimate of drug-likeness (QED) is 0.249. The van der Waals surface area contributed by atoms with Crippen molar-refractivity contribution in [1.82, 2.24) is 24.6 Å². The topological polar surface area (TPSA) is 155 Å². The molecule has 3 aromatic rings. The van der Waals surface area contributed by atoms with Crippen LogP contribution in [0.5, 0.6) is 0 Å². The van der Waals surface area contributed by atoms with E-state index in [0.29, 0.717) is 38.2 Å². The van der Waals surface area contributed by atoms with E-state index in [4.69, 9.17) is 17.3 Å². The second-order valence-corrected chi connectivity index (χ2v) is 12.7. The number of nitrogens with one attached hydrogen (secondary N) is 1. The molecule has 2 amide bonds. The first-order valence-electron chi connectivity index (χ1n) is 14.0. The fraction of sp³-hybridized carbons (Fsp3) is 0.393. The van der Waals surface area contributed by atoms with Gasteiger partial charge in [-0.3, -0.25) is 14.6 Å². The molecule has 0 spiro atoms. The minimum atomic E-state index is -3.83. The molecular formula is C28H31ClF2N8O4S. The third-order valence-corrected chi connectivity index (χ3v) is 9.54. The largest absolute Gasteiger partial charge is 0.354 e. The van der Waals surface area contributed by atoms with Gasteiger partial charge in [0, 0.05) is 56.9 Å². The van der Waals surface area contributed by atoms with E-state index in [-0.39, 0.29) is 53.6 Å². The van der Waals surface area contributed by atoms with E-state index < -0.39 is 33.1 Å². The number of halogens is 3. The average Bonchev–Trinajstić information content (AvgIpc) is 3.46. The third-order valence-electron chi connectivity index (χ3n) is 7.44. The summed E-state index contributed by atoms with van der Waals surface area (Å²) < 4.78 is 59.0. The Balaban J connectivity index is 1.26. The summed E-state index contributed by atoms with van der Waals surface area (Å²) in [6, 6.07) is 8.43. The summed E-state index contributed by atoms with van der Waals surface area (Å²) in [5.74, 6) is -3.99. The maximum atomic E-state index is 15.5. The summed E-state index contributed by atoms with van der Waals surface area (Å²) in [6.45, 7) is 1.87. The number of benzene rings is 1. The highest BCUT2D eigenvalue weighted by molar-refractivity contribution is 7.89. The van der Waals surface area contributed by atoms with Crippen molar-refractivity contribution in [3.63, 3.8) is 0 Å². The van der Waals surface area contributed by atoms with Crippen molar-refractivity contribution >= 4 is 44.9 Å². The van der Waals surface area contributed by atoms with Crippen molar-refractivity contribution < 1.29 is 26.8 Å². The molecule has 0 aliphatic carbocycles. The van der Waals surface area contributed by atoms with Gasteiger partial charge in [-0.15, -0.1) is 0 Å². The zero-order valence-corrected chi connectivity index (χ0v) is 25.2. The van der Waals surface area contributed by atoms with Crippen LogP contribution in [0.25, 0.3) is 0 Å². The van der Waals surface area contributed by atoms with Gasteiger partial charge in [0.2, 0.25) is 15.9 Å². The van der Waals surface area contributed by atoms with Crippen LogP contribution in [-0.4, -0.2) is 85.3 Å². The highest BCUT2D eigenvalue weighted by atomic mass is 35.5. The van der Waals surface area contributed by atoms with Gasteiger partial charge in [-0.05, 0) is 55.8 Å². The lowest BCUT2D eigenvalue weighted by molar-refractivity contribution is -0.117. The number of nitrogens with two attached hydrogens (primary N) is 1. The number of nitrogens with zero attached hydrogens (tertiary/aromatic N) is 6. The first-order chi connectivity index (χ1) is 21.0. The Kier molecular flexibility index (Phi) is 9.39. The zero-order valence-electron chi connectivity index (χ0n) is 23.6. The molecule has 0 radical (unpaired) electrons. The fourth-order valence-corrected chi connectivity index (χ4v) is 6.63. The number of hydrogen-bond donors (Lipinski definition) is 2. The van der Waals surface area contributed by atoms with Crippen LogP contribution in [0.1, 0.15) is 41.0 Å². The van der Waals surface area contributed by atoms with Gasteiger partial charge in [-0.2, -0.15) is 13.1 Å². The van der Waals surface area contributed by atoms with Crippen LogP contribution in [-0.2, 0) is 20.7 Å². The molecule has 0 saturated carbocycles. The minimum Gasteiger partial charge on any atom is -0.354 e. The number of aromatic nitrogens is 3. The smallest absolute Gasteiger partial charge is 0.316 e. The molecule has 2 aromatic heterocycles. The highest BCUT2D eigenvalue weighted by Gasteiger charge is 2.38. The molecular weight excluding hydrogens is 618 g/mol. The maximum absolute atomic E-state index is 15.5. The normalized spacial score (nSPS) is 16.4. The van der Waals surface area contributed by atoms with E-state index in [1.54, 1.807) is 21.9 Å². The number of alkyl halides is 2. The summed E-state index contributed by atoms with van der Waals surface area (Å²) >= 11 is 6.14. The number of pyridine rings is 1. The van der Waals surface area contributed by atoms with E-state index in [1.807, 2.05) is 0 Å². The van der Waals surface area contributed by atoms with Crippen molar-refractivity contribution in [2.75, 3.05) is 55.6 Å². The molecule has 44 heavy (non-hydrogen) atoms. The molecule has 3 N–H and O–H groups in total. The monoisotopic (exact) mass is 648 g/mol. The minimum absolute atomic E-state index is 0.0110. The van der Waals surface area contributed by atoms with E-state index in [2.05, 4.69) is 20.3 Å². The van der Waals surface area contributed by atoms with E-state index in [0.717, 1.165) is 24.9 Å². The number of piperazine rings is 1. The predicted octanol–water partition coefficient (Wildman–Crippen LogP) is 2.38. The van der Waals surface area contributed by atoms with Crippen LogP contribution in [0.2, 0.25) is 5.15 Å². The summed E-state index contributed by atoms with van der Waals surface area (Å²) in [6.07, 6.45) is 3.61. The lowest BCUT2D eigenvalue weighted by atomic mass is 10.1. The highest BCUT2D eigenvalue weighted by Crippen LogP contribution is 2.37. The number of carbonyl (C=O) groups excluding carboxylic acids is 2. The van der Waals surface area contributed by atoms with E-state index in [1.165, 1.54) is 22.5 Å². The van der Waals surface area contributed by atoms with Gasteiger partial charge in [0.1, 0.15) is 22.4 Å². The summed E-state index contributed by atoms with van der Waals surface area (Å²) in [5, 5.41) is 2.41. The number of hydrogen-bond acceptors (Lipinski definition) is 9. The Morgan fingerprint density at radius 1 is 1.05 bits per heavy atom. The van der Waals surface area contributed by atoms with Crippen molar-refractivity contribution in [3.05, 3.63) is 70.9 Å². The molecule has 4 heterocycles. The molecule has 2 aliphatic heterocycles. The van der Waals surface area contributed by atoms with Crippen LogP contribution >= 0.6 is 11.6 Å². The molecule has 2 saturated heterocycles. The first-order valence-corrected chi connectivity index (χ1v) is 15.8. The van der Waals surface area contributed by atoms with Crippen molar-refractivity contribution in [2.24, 2.45) is 5.73 Å². The average molecular weight is 649 g/mol. The second kappa shape index (κ2) is 13.1. The van der Waals surface area contributed by atoms with Gasteiger partial charge >= 0.3 is 5.92 Å². The van der Waals surface area contributed by atoms with Crippen LogP contribution in [0.15, 0.2) is 53.7 Å². The third kappa shape index (κ3) is 6.65. The summed E-state index contributed by atoms with van der Waals surface area (Å²) in [4.78, 5) is 39.4. The number of carbonyl (C=O) groups is 2. The SMILES string of the molecule is NCCCNC(=O)c1cnc(C(F)(F)c2cc(Cl)nc(N3CCN(S(=O)(=O)c4ccc(N5CCCC5=O)cc4)CC3)c2)cn1. The zero-order chi connectivity index (χ0) is 31.5. The van der Waals surface area contributed by atoms with E-state index >= 15 is 8.78 Å². The molecule has 2 aliphatic rings. The number of amides is 2. The number of rotatable bonds is 10. The Hall–Kier alpha value is -3.79. The van der Waals surface area contributed by atoms with Crippen LogP contribution in [0.3, 0.4) is 0 Å². The molecule has 12 nitrogen and oxygen atoms in total. The summed E-state index contributed by atoms with van der Waals surface area (Å²) in [7, 11) is -3.83. The molecule has 0 unspecified atom stereocenters. The van der Waals surface area contributed by atoms with Gasteiger partial charge in [-0.1, -0.05) is 11.6 Å². The lowest BCUT2D eigenvalue weighted by Gasteiger charge is -2.35. The number of anilines is 2. The molecule has 1 aromatic carbocycles. The molecule has 2 fully saturated rings. The Morgan fingerprint density at radius 2 is 1.77 bits per heavy atom. The molecule has 5 rings (SSSR count). The molecule has 0 bridgehead atoms. The lowest BCUT2D eigenvalue weighted by Crippen LogP contribution is -2.49. The first kappa shape index (κ1) is 31.6. The number of sulfonamides is 1. The van der Waals surface area contributed by atoms with Crippen LogP contribution in [0, 0.1) is 0 Å². The van der Waals surface area contributed by atoms with Crippen LogP contribution in [0.4, 0.5) is 20.3 Å². The maximum Gasteiger partial charge on any atom is 0.316 e. The summed E-state index contributed by atoms with van der Waals surface area (Å²) in [5.41, 5.74) is 4.78. The van der Waals surface area contributed by atoms with Crippen LogP contribution < -0.4 is 20.9 Å². The van der Waals surface area contributed by atoms with Crippen molar-refractivity contribution in [1.29, 1.82) is 0 Å². The molecule has 234 valence electrons. The van der Waals surface area contributed by atoms with Gasteiger partial charge in [0.05, 0.1) is 17.3 Å². The van der Waals surface area contributed by atoms with Gasteiger partial charge in [0.15, 0.2) is 0 Å². The van der Waals surface area contributed by atoms with E-state index in [9.17, 15) is 18.0 Å². The predicted molar refractivity (Wildman–Crippen MR) is 159 cm³/mol. The Morgan fingerprint density at radius 3 is 2.39 bits per heavy atom. The van der Waals surface area contributed by atoms with Crippen molar-refractivity contribution in [3.8, 4) is 0 Å². The Labute approximate surface area is 258 Å². The van der Waals surface area contributed by atoms with Gasteiger partial charge < -0.3 is 20.9 Å². The standard InChI is InChI=1S/C28H31ClF2N8O4S/c29-24-15-19(28(30,31)23-18-34-22(17-35-23)27(41)33-9-2-8-32)16-25(36-24)37-11-13-38(14-12-37)44(42,43)21-6-4-20(5-7-21)39-10-1-3-26(39)40/h4-7,15-18H,1-3,8-14,32H2,(H,33,41). The van der Waals surface area contributed by atoms with Gasteiger partial charge in [-0.25, -0.2) is 18.4 Å². The van der Waals surface area contributed by atoms with Crippen molar-refractivity contribution in [2.45, 2.75) is 30.1 Å². The molecule has 16 heteroatoms. The molecule has 0 atom stereocenters. The Bertz CT molecular complexity index is 1620. The van der Waals surface area contributed by atoms with Gasteiger partial charge in [0.25, 0.3) is 5.91 Å². The second-order valence-electron chi connectivity index (χ2n) is 10.3. The fourth-order valence-electron chi connectivity index (χ4n) is 5.00.